The van der Waals surface area contributed by atoms with E-state index in [4.69, 9.17) is 16.0 Å². The zero-order valence-corrected chi connectivity index (χ0v) is 11.0. The molecule has 0 aliphatic carbocycles. The first-order valence-corrected chi connectivity index (χ1v) is 6.31. The van der Waals surface area contributed by atoms with Gasteiger partial charge >= 0.3 is 0 Å². The van der Waals surface area contributed by atoms with Crippen LogP contribution in [-0.4, -0.2) is 15.4 Å². The summed E-state index contributed by atoms with van der Waals surface area (Å²) in [6, 6.07) is 16.2. The fourth-order valence-electron chi connectivity index (χ4n) is 1.78. The number of carbonyl (C=O) groups is 1. The van der Waals surface area contributed by atoms with E-state index in [2.05, 4.69) is 10.2 Å². The third-order valence-corrected chi connectivity index (χ3v) is 3.02. The molecule has 0 bridgehead atoms. The van der Waals surface area contributed by atoms with E-state index in [-0.39, 0.29) is 0 Å². The van der Waals surface area contributed by atoms with Crippen molar-refractivity contribution < 1.29 is 9.21 Å². The Balaban J connectivity index is 1.92. The van der Waals surface area contributed by atoms with Crippen molar-refractivity contribution in [2.45, 2.75) is 0 Å². The standard InChI is InChI=1S/C15H9ClN2O2/c16-13(19)10-6-8-12(9-7-10)15-18-17-14(20-15)11-4-2-1-3-5-11/h1-9H. The van der Waals surface area contributed by atoms with Crippen LogP contribution in [0.3, 0.4) is 0 Å². The van der Waals surface area contributed by atoms with Gasteiger partial charge in [0.05, 0.1) is 0 Å². The highest BCUT2D eigenvalue weighted by Crippen LogP contribution is 2.24. The Bertz CT molecular complexity index is 736. The summed E-state index contributed by atoms with van der Waals surface area (Å²) in [6.07, 6.45) is 0. The molecule has 0 radical (unpaired) electrons. The first-order valence-electron chi connectivity index (χ1n) is 5.93. The largest absolute Gasteiger partial charge is 0.416 e. The van der Waals surface area contributed by atoms with Gasteiger partial charge in [-0.2, -0.15) is 0 Å². The van der Waals surface area contributed by atoms with Crippen LogP contribution in [0.4, 0.5) is 0 Å². The summed E-state index contributed by atoms with van der Waals surface area (Å²) in [5.74, 6) is 0.857. The second kappa shape index (κ2) is 5.27. The summed E-state index contributed by atoms with van der Waals surface area (Å²) in [6.45, 7) is 0. The number of aromatic nitrogens is 2. The molecule has 2 aromatic carbocycles. The Morgan fingerprint density at radius 1 is 0.850 bits per heavy atom. The molecule has 0 unspecified atom stereocenters. The molecule has 0 saturated carbocycles. The fraction of sp³-hybridized carbons (Fsp3) is 0. The van der Waals surface area contributed by atoms with Crippen molar-refractivity contribution in [1.82, 2.24) is 10.2 Å². The van der Waals surface area contributed by atoms with Crippen molar-refractivity contribution in [2.75, 3.05) is 0 Å². The van der Waals surface area contributed by atoms with Crippen molar-refractivity contribution in [3.8, 4) is 22.9 Å². The normalized spacial score (nSPS) is 10.4. The van der Waals surface area contributed by atoms with Crippen LogP contribution < -0.4 is 0 Å². The van der Waals surface area contributed by atoms with E-state index in [0.717, 1.165) is 11.1 Å². The molecule has 5 heteroatoms. The lowest BCUT2D eigenvalue weighted by Gasteiger charge is -1.96. The second-order valence-electron chi connectivity index (χ2n) is 4.13. The molecule has 3 rings (SSSR count). The minimum atomic E-state index is -0.493. The maximum Gasteiger partial charge on any atom is 0.252 e. The lowest BCUT2D eigenvalue weighted by Crippen LogP contribution is -1.87. The van der Waals surface area contributed by atoms with Crippen LogP contribution in [0.2, 0.25) is 0 Å². The highest BCUT2D eigenvalue weighted by Gasteiger charge is 2.10. The van der Waals surface area contributed by atoms with Crippen molar-refractivity contribution in [3.05, 3.63) is 60.2 Å². The second-order valence-corrected chi connectivity index (χ2v) is 4.47. The zero-order valence-electron chi connectivity index (χ0n) is 10.3. The van der Waals surface area contributed by atoms with Crippen molar-refractivity contribution in [3.63, 3.8) is 0 Å². The summed E-state index contributed by atoms with van der Waals surface area (Å²) in [5.41, 5.74) is 2.03. The predicted octanol–water partition coefficient (Wildman–Crippen LogP) is 3.78. The molecule has 0 spiro atoms. The minimum Gasteiger partial charge on any atom is -0.416 e. The molecule has 0 aliphatic rings. The summed E-state index contributed by atoms with van der Waals surface area (Å²) in [7, 11) is 0. The minimum absolute atomic E-state index is 0.400. The monoisotopic (exact) mass is 284 g/mol. The van der Waals surface area contributed by atoms with Crippen molar-refractivity contribution in [1.29, 1.82) is 0 Å². The van der Waals surface area contributed by atoms with Gasteiger partial charge in [-0.1, -0.05) is 18.2 Å². The Hall–Kier alpha value is -2.46. The number of nitrogens with zero attached hydrogens (tertiary/aromatic N) is 2. The topological polar surface area (TPSA) is 56.0 Å². The lowest BCUT2D eigenvalue weighted by molar-refractivity contribution is 0.108. The number of benzene rings is 2. The molecular formula is C15H9ClN2O2. The molecular weight excluding hydrogens is 276 g/mol. The highest BCUT2D eigenvalue weighted by atomic mass is 35.5. The Morgan fingerprint density at radius 3 is 1.95 bits per heavy atom. The molecule has 4 nitrogen and oxygen atoms in total. The van der Waals surface area contributed by atoms with Crippen molar-refractivity contribution in [2.24, 2.45) is 0 Å². The number of carbonyl (C=O) groups excluding carboxylic acids is 1. The number of hydrogen-bond acceptors (Lipinski definition) is 4. The summed E-state index contributed by atoms with van der Waals surface area (Å²) in [4.78, 5) is 11.0. The van der Waals surface area contributed by atoms with E-state index in [1.807, 2.05) is 30.3 Å². The maximum absolute atomic E-state index is 11.0. The zero-order chi connectivity index (χ0) is 13.9. The van der Waals surface area contributed by atoms with Gasteiger partial charge < -0.3 is 4.42 Å². The summed E-state index contributed by atoms with van der Waals surface area (Å²) in [5, 5.41) is 7.52. The summed E-state index contributed by atoms with van der Waals surface area (Å²) >= 11 is 5.40. The SMILES string of the molecule is O=C(Cl)c1ccc(-c2nnc(-c3ccccc3)o2)cc1. The van der Waals surface area contributed by atoms with Crippen molar-refractivity contribution >= 4 is 16.8 Å². The average molecular weight is 285 g/mol. The number of halogens is 1. The first-order chi connectivity index (χ1) is 9.74. The van der Waals surface area contributed by atoms with Gasteiger partial charge in [0.15, 0.2) is 0 Å². The van der Waals surface area contributed by atoms with Gasteiger partial charge in [0.25, 0.3) is 5.24 Å². The van der Waals surface area contributed by atoms with Crippen LogP contribution in [0.25, 0.3) is 22.9 Å². The van der Waals surface area contributed by atoms with Crippen LogP contribution >= 0.6 is 11.6 Å². The van der Waals surface area contributed by atoms with Gasteiger partial charge in [0, 0.05) is 16.7 Å². The van der Waals surface area contributed by atoms with E-state index < -0.39 is 5.24 Å². The Morgan fingerprint density at radius 2 is 1.40 bits per heavy atom. The van der Waals surface area contributed by atoms with Gasteiger partial charge in [-0.3, -0.25) is 4.79 Å². The molecule has 0 fully saturated rings. The molecule has 0 saturated heterocycles. The van der Waals surface area contributed by atoms with Gasteiger partial charge in [-0.25, -0.2) is 0 Å². The van der Waals surface area contributed by atoms with E-state index in [0.29, 0.717) is 17.3 Å². The number of hydrogen-bond donors (Lipinski definition) is 0. The van der Waals surface area contributed by atoms with E-state index in [9.17, 15) is 4.79 Å². The number of rotatable bonds is 3. The third-order valence-electron chi connectivity index (χ3n) is 2.80. The molecule has 3 aromatic rings. The molecule has 0 atom stereocenters. The Labute approximate surface area is 120 Å². The van der Waals surface area contributed by atoms with Gasteiger partial charge in [-0.05, 0) is 48.0 Å². The van der Waals surface area contributed by atoms with Crippen LogP contribution in [0.1, 0.15) is 10.4 Å². The Kier molecular flexibility index (Phi) is 3.31. The predicted molar refractivity (Wildman–Crippen MR) is 75.4 cm³/mol. The molecule has 0 amide bonds. The smallest absolute Gasteiger partial charge is 0.252 e. The van der Waals surface area contributed by atoms with Gasteiger partial charge in [0.1, 0.15) is 0 Å². The van der Waals surface area contributed by atoms with Crippen LogP contribution in [0, 0.1) is 0 Å². The fourth-order valence-corrected chi connectivity index (χ4v) is 1.91. The third kappa shape index (κ3) is 2.46. The van der Waals surface area contributed by atoms with E-state index in [1.54, 1.807) is 24.3 Å². The lowest BCUT2D eigenvalue weighted by atomic mass is 10.1. The van der Waals surface area contributed by atoms with E-state index >= 15 is 0 Å². The molecule has 98 valence electrons. The van der Waals surface area contributed by atoms with Gasteiger partial charge in [-0.15, -0.1) is 10.2 Å². The molecule has 0 N–H and O–H groups in total. The highest BCUT2D eigenvalue weighted by molar-refractivity contribution is 6.67. The summed E-state index contributed by atoms with van der Waals surface area (Å²) < 4.78 is 5.62. The van der Waals surface area contributed by atoms with Gasteiger partial charge in [0.2, 0.25) is 11.8 Å². The molecule has 20 heavy (non-hydrogen) atoms. The quantitative estimate of drug-likeness (QED) is 0.687. The molecule has 1 aromatic heterocycles. The molecule has 1 heterocycles. The van der Waals surface area contributed by atoms with Crippen LogP contribution in [-0.2, 0) is 0 Å². The van der Waals surface area contributed by atoms with E-state index in [1.165, 1.54) is 0 Å². The maximum atomic E-state index is 11.0. The van der Waals surface area contributed by atoms with Crippen LogP contribution in [0.5, 0.6) is 0 Å². The molecule has 0 aliphatic heterocycles. The first kappa shape index (κ1) is 12.6. The average Bonchev–Trinajstić information content (AvgIpc) is 2.98. The van der Waals surface area contributed by atoms with Crippen LogP contribution in [0.15, 0.2) is 59.0 Å².